The summed E-state index contributed by atoms with van der Waals surface area (Å²) < 4.78 is 0. The normalized spacial score (nSPS) is 22.6. The van der Waals surface area contributed by atoms with Crippen LogP contribution in [0.5, 0.6) is 0 Å². The van der Waals surface area contributed by atoms with Crippen LogP contribution in [0.3, 0.4) is 0 Å². The first-order valence-corrected chi connectivity index (χ1v) is 6.97. The molecule has 1 aromatic carbocycles. The molecule has 0 spiro atoms. The molecule has 1 saturated carbocycles. The second kappa shape index (κ2) is 5.03. The number of rotatable bonds is 3. The molecule has 2 aromatic rings. The van der Waals surface area contributed by atoms with Gasteiger partial charge in [0.05, 0.1) is 5.52 Å². The highest BCUT2D eigenvalue weighted by Gasteiger charge is 2.22. The molecule has 1 aliphatic rings. The third-order valence-electron chi connectivity index (χ3n) is 3.86. The monoisotopic (exact) mass is 256 g/mol. The molecule has 2 unspecified atom stereocenters. The lowest BCUT2D eigenvalue weighted by atomic mass is 10.1. The minimum atomic E-state index is 0.540. The largest absolute Gasteiger partial charge is 0.367 e. The standard InChI is InChI=1S/C15H20N4/c1-10-7-8-11(9-10)17-14-12-5-3-4-6-13(12)18-15(16-2)19-14/h3-6,10-11H,7-9H2,1-2H3,(H2,16,17,18,19). The van der Waals surface area contributed by atoms with Crippen molar-refractivity contribution in [2.24, 2.45) is 5.92 Å². The number of para-hydroxylation sites is 1. The van der Waals surface area contributed by atoms with E-state index in [9.17, 15) is 0 Å². The Morgan fingerprint density at radius 3 is 2.74 bits per heavy atom. The molecule has 100 valence electrons. The van der Waals surface area contributed by atoms with Crippen LogP contribution < -0.4 is 10.6 Å². The van der Waals surface area contributed by atoms with Crippen molar-refractivity contribution in [2.75, 3.05) is 17.7 Å². The predicted molar refractivity (Wildman–Crippen MR) is 79.5 cm³/mol. The Balaban J connectivity index is 1.96. The number of hydrogen-bond acceptors (Lipinski definition) is 4. The quantitative estimate of drug-likeness (QED) is 0.885. The first-order valence-electron chi connectivity index (χ1n) is 6.97. The summed E-state index contributed by atoms with van der Waals surface area (Å²) in [6.45, 7) is 2.32. The maximum Gasteiger partial charge on any atom is 0.224 e. The Labute approximate surface area is 113 Å². The van der Waals surface area contributed by atoms with Gasteiger partial charge in [-0.25, -0.2) is 4.98 Å². The van der Waals surface area contributed by atoms with Gasteiger partial charge in [0.25, 0.3) is 0 Å². The third-order valence-corrected chi connectivity index (χ3v) is 3.86. The molecular weight excluding hydrogens is 236 g/mol. The Hall–Kier alpha value is -1.84. The summed E-state index contributed by atoms with van der Waals surface area (Å²) in [6, 6.07) is 8.69. The molecule has 4 heteroatoms. The first kappa shape index (κ1) is 12.2. The zero-order valence-corrected chi connectivity index (χ0v) is 11.5. The number of fused-ring (bicyclic) bond motifs is 1. The highest BCUT2D eigenvalue weighted by molar-refractivity contribution is 5.90. The van der Waals surface area contributed by atoms with Gasteiger partial charge in [0.15, 0.2) is 0 Å². The van der Waals surface area contributed by atoms with Crippen LogP contribution in [0.4, 0.5) is 11.8 Å². The summed E-state index contributed by atoms with van der Waals surface area (Å²) in [7, 11) is 1.85. The molecule has 2 N–H and O–H groups in total. The lowest BCUT2D eigenvalue weighted by Crippen LogP contribution is -2.17. The average molecular weight is 256 g/mol. The fraction of sp³-hybridized carbons (Fsp3) is 0.467. The van der Waals surface area contributed by atoms with E-state index in [1.807, 2.05) is 25.2 Å². The Morgan fingerprint density at radius 1 is 1.16 bits per heavy atom. The summed E-state index contributed by atoms with van der Waals surface area (Å²) in [5.74, 6) is 2.44. The first-order chi connectivity index (χ1) is 9.26. The fourth-order valence-electron chi connectivity index (χ4n) is 2.83. The SMILES string of the molecule is CNc1nc(NC2CCC(C)C2)c2ccccc2n1. The van der Waals surface area contributed by atoms with E-state index >= 15 is 0 Å². The van der Waals surface area contributed by atoms with E-state index in [1.54, 1.807) is 0 Å². The fourth-order valence-corrected chi connectivity index (χ4v) is 2.83. The molecule has 0 radical (unpaired) electrons. The molecule has 19 heavy (non-hydrogen) atoms. The van der Waals surface area contributed by atoms with Gasteiger partial charge in [-0.3, -0.25) is 0 Å². The zero-order chi connectivity index (χ0) is 13.2. The minimum absolute atomic E-state index is 0.540. The summed E-state index contributed by atoms with van der Waals surface area (Å²) in [6.07, 6.45) is 3.77. The smallest absolute Gasteiger partial charge is 0.224 e. The molecule has 1 heterocycles. The van der Waals surface area contributed by atoms with Crippen molar-refractivity contribution in [3.63, 3.8) is 0 Å². The van der Waals surface area contributed by atoms with Crippen molar-refractivity contribution >= 4 is 22.7 Å². The van der Waals surface area contributed by atoms with Crippen LogP contribution in [0, 0.1) is 5.92 Å². The van der Waals surface area contributed by atoms with Gasteiger partial charge in [0.2, 0.25) is 5.95 Å². The maximum absolute atomic E-state index is 4.57. The van der Waals surface area contributed by atoms with Gasteiger partial charge < -0.3 is 10.6 Å². The molecule has 1 aromatic heterocycles. The molecule has 0 aliphatic heterocycles. The van der Waals surface area contributed by atoms with Gasteiger partial charge in [-0.05, 0) is 37.3 Å². The third kappa shape index (κ3) is 2.48. The second-order valence-corrected chi connectivity index (χ2v) is 5.42. The number of hydrogen-bond donors (Lipinski definition) is 2. The molecule has 0 bridgehead atoms. The van der Waals surface area contributed by atoms with Crippen LogP contribution in [0.25, 0.3) is 10.9 Å². The predicted octanol–water partition coefficient (Wildman–Crippen LogP) is 3.27. The Morgan fingerprint density at radius 2 is 2.00 bits per heavy atom. The van der Waals surface area contributed by atoms with Crippen molar-refractivity contribution < 1.29 is 0 Å². The van der Waals surface area contributed by atoms with Crippen LogP contribution >= 0.6 is 0 Å². The lowest BCUT2D eigenvalue weighted by molar-refractivity contribution is 0.602. The summed E-state index contributed by atoms with van der Waals surface area (Å²) >= 11 is 0. The van der Waals surface area contributed by atoms with E-state index in [-0.39, 0.29) is 0 Å². The van der Waals surface area contributed by atoms with Crippen LogP contribution in [0.2, 0.25) is 0 Å². The highest BCUT2D eigenvalue weighted by atomic mass is 15.1. The Bertz CT molecular complexity index is 581. The van der Waals surface area contributed by atoms with E-state index in [0.717, 1.165) is 22.6 Å². The van der Waals surface area contributed by atoms with E-state index in [4.69, 9.17) is 0 Å². The molecule has 1 aliphatic carbocycles. The van der Waals surface area contributed by atoms with Gasteiger partial charge in [-0.1, -0.05) is 19.1 Å². The average Bonchev–Trinajstić information content (AvgIpc) is 2.84. The number of nitrogens with one attached hydrogen (secondary N) is 2. The van der Waals surface area contributed by atoms with Crippen LogP contribution in [0.1, 0.15) is 26.2 Å². The van der Waals surface area contributed by atoms with Crippen molar-refractivity contribution in [1.29, 1.82) is 0 Å². The van der Waals surface area contributed by atoms with Crippen molar-refractivity contribution in [2.45, 2.75) is 32.2 Å². The van der Waals surface area contributed by atoms with Gasteiger partial charge >= 0.3 is 0 Å². The van der Waals surface area contributed by atoms with Gasteiger partial charge in [0, 0.05) is 18.5 Å². The lowest BCUT2D eigenvalue weighted by Gasteiger charge is -2.15. The number of aromatic nitrogens is 2. The molecule has 2 atom stereocenters. The second-order valence-electron chi connectivity index (χ2n) is 5.42. The molecule has 4 nitrogen and oxygen atoms in total. The minimum Gasteiger partial charge on any atom is -0.367 e. The molecule has 1 fully saturated rings. The van der Waals surface area contributed by atoms with Gasteiger partial charge in [-0.2, -0.15) is 4.98 Å². The zero-order valence-electron chi connectivity index (χ0n) is 11.5. The number of benzene rings is 1. The van der Waals surface area contributed by atoms with Gasteiger partial charge in [0.1, 0.15) is 5.82 Å². The topological polar surface area (TPSA) is 49.8 Å². The molecule has 0 saturated heterocycles. The van der Waals surface area contributed by atoms with E-state index in [0.29, 0.717) is 12.0 Å². The van der Waals surface area contributed by atoms with E-state index < -0.39 is 0 Å². The van der Waals surface area contributed by atoms with Crippen molar-refractivity contribution in [1.82, 2.24) is 9.97 Å². The summed E-state index contributed by atoms with van der Waals surface area (Å²) in [4.78, 5) is 9.06. The van der Waals surface area contributed by atoms with E-state index in [1.165, 1.54) is 19.3 Å². The summed E-state index contributed by atoms with van der Waals surface area (Å²) in [5.41, 5.74) is 0.982. The van der Waals surface area contributed by atoms with Gasteiger partial charge in [-0.15, -0.1) is 0 Å². The van der Waals surface area contributed by atoms with E-state index in [2.05, 4.69) is 33.6 Å². The van der Waals surface area contributed by atoms with Crippen LogP contribution in [-0.4, -0.2) is 23.1 Å². The van der Waals surface area contributed by atoms with Crippen molar-refractivity contribution in [3.05, 3.63) is 24.3 Å². The molecule has 3 rings (SSSR count). The van der Waals surface area contributed by atoms with Crippen molar-refractivity contribution in [3.8, 4) is 0 Å². The number of nitrogens with zero attached hydrogens (tertiary/aromatic N) is 2. The van der Waals surface area contributed by atoms with Crippen LogP contribution in [-0.2, 0) is 0 Å². The number of anilines is 2. The van der Waals surface area contributed by atoms with Crippen LogP contribution in [0.15, 0.2) is 24.3 Å². The highest BCUT2D eigenvalue weighted by Crippen LogP contribution is 2.29. The Kier molecular flexibility index (Phi) is 3.23. The molecular formula is C15H20N4. The summed E-state index contributed by atoms with van der Waals surface area (Å²) in [5, 5.41) is 7.73. The maximum atomic E-state index is 4.57. The molecule has 0 amide bonds.